The van der Waals surface area contributed by atoms with Gasteiger partial charge in [0.2, 0.25) is 5.88 Å². The Bertz CT molecular complexity index is 1090. The summed E-state index contributed by atoms with van der Waals surface area (Å²) < 4.78 is 19.9. The Balaban J connectivity index is 1.62. The van der Waals surface area contributed by atoms with Crippen molar-refractivity contribution in [3.05, 3.63) is 65.7 Å². The first-order valence-corrected chi connectivity index (χ1v) is 13.3. The second-order valence-electron chi connectivity index (χ2n) is 10.5. The molecular formula is C30H41N3O4. The summed E-state index contributed by atoms with van der Waals surface area (Å²) in [6, 6.07) is 18.2. The molecule has 37 heavy (non-hydrogen) atoms. The highest BCUT2D eigenvalue weighted by Crippen LogP contribution is 2.34. The van der Waals surface area contributed by atoms with Gasteiger partial charge in [0.1, 0.15) is 11.4 Å². The molecule has 200 valence electrons. The highest BCUT2D eigenvalue weighted by molar-refractivity contribution is 5.65. The van der Waals surface area contributed by atoms with Crippen LogP contribution in [0.3, 0.4) is 0 Å². The molecule has 0 spiro atoms. The van der Waals surface area contributed by atoms with Crippen molar-refractivity contribution in [1.82, 2.24) is 14.7 Å². The van der Waals surface area contributed by atoms with Crippen LogP contribution in [0.25, 0.3) is 11.3 Å². The third kappa shape index (κ3) is 7.89. The van der Waals surface area contributed by atoms with Gasteiger partial charge in [0.25, 0.3) is 0 Å². The lowest BCUT2D eigenvalue weighted by Crippen LogP contribution is -2.39. The fourth-order valence-electron chi connectivity index (χ4n) is 4.66. The smallest absolute Gasteiger partial charge is 0.222 e. The van der Waals surface area contributed by atoms with Gasteiger partial charge in [0, 0.05) is 45.5 Å². The number of aromatic nitrogens is 2. The average molecular weight is 508 g/mol. The molecule has 0 unspecified atom stereocenters. The summed E-state index contributed by atoms with van der Waals surface area (Å²) in [7, 11) is 1.92. The molecule has 4 rings (SSSR count). The second kappa shape index (κ2) is 13.2. The standard InChI is InChI=1S/C30H41N3O4/c1-22(2)20-35-21-25(34)17-33(18-27-11-8-16-36-27)19-28-29(24-9-6-5-7-10-24)31-32(4)30(28)37-26-14-12-23(3)13-15-26/h5-7,9-10,12-15,22,25,27,34H,8,11,16-21H2,1-4H3/t25-,27-/m0/s1. The first-order valence-electron chi connectivity index (χ1n) is 13.3. The van der Waals surface area contributed by atoms with Crippen molar-refractivity contribution >= 4 is 0 Å². The number of nitrogens with zero attached hydrogens (tertiary/aromatic N) is 3. The van der Waals surface area contributed by atoms with Crippen LogP contribution in [0.2, 0.25) is 0 Å². The van der Waals surface area contributed by atoms with Gasteiger partial charge in [0.15, 0.2) is 0 Å². The molecule has 1 saturated heterocycles. The Labute approximate surface area is 221 Å². The van der Waals surface area contributed by atoms with Crippen molar-refractivity contribution in [2.45, 2.75) is 52.4 Å². The third-order valence-electron chi connectivity index (χ3n) is 6.47. The first-order chi connectivity index (χ1) is 17.9. The maximum atomic E-state index is 10.8. The van der Waals surface area contributed by atoms with E-state index < -0.39 is 6.10 Å². The van der Waals surface area contributed by atoms with Gasteiger partial charge in [-0.3, -0.25) is 4.90 Å². The molecule has 0 amide bonds. The summed E-state index contributed by atoms with van der Waals surface area (Å²) in [6.07, 6.45) is 1.66. The first kappa shape index (κ1) is 27.3. The minimum Gasteiger partial charge on any atom is -0.439 e. The normalized spacial score (nSPS) is 16.6. The highest BCUT2D eigenvalue weighted by Gasteiger charge is 2.26. The molecule has 1 fully saturated rings. The zero-order valence-corrected chi connectivity index (χ0v) is 22.6. The summed E-state index contributed by atoms with van der Waals surface area (Å²) in [5.41, 5.74) is 4.08. The Kier molecular flexibility index (Phi) is 9.75. The maximum Gasteiger partial charge on any atom is 0.222 e. The van der Waals surface area contributed by atoms with Gasteiger partial charge in [0.05, 0.1) is 24.4 Å². The Morgan fingerprint density at radius 1 is 1.11 bits per heavy atom. The number of aliphatic hydroxyl groups excluding tert-OH is 1. The minimum atomic E-state index is -0.599. The monoisotopic (exact) mass is 507 g/mol. The van der Waals surface area contributed by atoms with Crippen molar-refractivity contribution < 1.29 is 19.3 Å². The van der Waals surface area contributed by atoms with Gasteiger partial charge in [-0.05, 0) is 37.8 Å². The zero-order valence-electron chi connectivity index (χ0n) is 22.6. The molecule has 1 aliphatic heterocycles. The molecule has 0 bridgehead atoms. The van der Waals surface area contributed by atoms with E-state index >= 15 is 0 Å². The van der Waals surface area contributed by atoms with E-state index in [1.165, 1.54) is 5.56 Å². The number of benzene rings is 2. The predicted octanol–water partition coefficient (Wildman–Crippen LogP) is 5.20. The molecular weight excluding hydrogens is 466 g/mol. The van der Waals surface area contributed by atoms with Gasteiger partial charge in [-0.1, -0.05) is 61.9 Å². The van der Waals surface area contributed by atoms with E-state index in [4.69, 9.17) is 19.3 Å². The molecule has 0 aliphatic carbocycles. The SMILES string of the molecule is Cc1ccc(Oc2c(CN(C[C@H](O)COCC(C)C)C[C@@H]3CCCO3)c(-c3ccccc3)nn2C)cc1. The number of hydrogen-bond acceptors (Lipinski definition) is 6. The summed E-state index contributed by atoms with van der Waals surface area (Å²) >= 11 is 0. The van der Waals surface area contributed by atoms with Crippen LogP contribution >= 0.6 is 0 Å². The number of ether oxygens (including phenoxy) is 3. The average Bonchev–Trinajstić information content (AvgIpc) is 3.49. The maximum absolute atomic E-state index is 10.8. The number of aliphatic hydroxyl groups is 1. The van der Waals surface area contributed by atoms with Crippen LogP contribution < -0.4 is 4.74 Å². The molecule has 7 heteroatoms. The molecule has 1 N–H and O–H groups in total. The van der Waals surface area contributed by atoms with Crippen LogP contribution in [-0.4, -0.2) is 64.9 Å². The van der Waals surface area contributed by atoms with Gasteiger partial charge in [-0.15, -0.1) is 0 Å². The fourth-order valence-corrected chi connectivity index (χ4v) is 4.66. The molecule has 2 aromatic carbocycles. The van der Waals surface area contributed by atoms with Crippen LogP contribution in [0.15, 0.2) is 54.6 Å². The van der Waals surface area contributed by atoms with Gasteiger partial charge < -0.3 is 19.3 Å². The number of aryl methyl sites for hydroxylation is 2. The lowest BCUT2D eigenvalue weighted by Gasteiger charge is -2.28. The van der Waals surface area contributed by atoms with E-state index in [-0.39, 0.29) is 6.10 Å². The van der Waals surface area contributed by atoms with Gasteiger partial charge >= 0.3 is 0 Å². The minimum absolute atomic E-state index is 0.155. The van der Waals surface area contributed by atoms with Crippen molar-refractivity contribution in [3.63, 3.8) is 0 Å². The van der Waals surface area contributed by atoms with Crippen LogP contribution in [0.5, 0.6) is 11.6 Å². The van der Waals surface area contributed by atoms with E-state index in [2.05, 4.69) is 37.8 Å². The quantitative estimate of drug-likeness (QED) is 0.343. The van der Waals surface area contributed by atoms with E-state index in [1.54, 1.807) is 0 Å². The summed E-state index contributed by atoms with van der Waals surface area (Å²) in [5.74, 6) is 1.90. The molecule has 2 heterocycles. The molecule has 1 aromatic heterocycles. The lowest BCUT2D eigenvalue weighted by atomic mass is 10.1. The fraction of sp³-hybridized carbons (Fsp3) is 0.500. The zero-order chi connectivity index (χ0) is 26.2. The Morgan fingerprint density at radius 3 is 2.54 bits per heavy atom. The number of hydrogen-bond donors (Lipinski definition) is 1. The van der Waals surface area contributed by atoms with Crippen molar-refractivity contribution in [2.24, 2.45) is 13.0 Å². The van der Waals surface area contributed by atoms with Gasteiger partial charge in [-0.25, -0.2) is 4.68 Å². The Hall–Kier alpha value is -2.71. The van der Waals surface area contributed by atoms with E-state index in [0.29, 0.717) is 38.1 Å². The molecule has 2 atom stereocenters. The molecule has 3 aromatic rings. The Morgan fingerprint density at radius 2 is 1.86 bits per heavy atom. The van der Waals surface area contributed by atoms with E-state index in [0.717, 1.165) is 48.6 Å². The summed E-state index contributed by atoms with van der Waals surface area (Å²) in [6.45, 7) is 9.80. The molecule has 1 aliphatic rings. The largest absolute Gasteiger partial charge is 0.439 e. The van der Waals surface area contributed by atoms with Gasteiger partial charge in [-0.2, -0.15) is 5.10 Å². The van der Waals surface area contributed by atoms with Crippen molar-refractivity contribution in [2.75, 3.05) is 32.9 Å². The van der Waals surface area contributed by atoms with E-state index in [9.17, 15) is 5.11 Å². The van der Waals surface area contributed by atoms with Crippen LogP contribution in [0.4, 0.5) is 0 Å². The topological polar surface area (TPSA) is 69.0 Å². The van der Waals surface area contributed by atoms with Crippen molar-refractivity contribution in [1.29, 1.82) is 0 Å². The summed E-state index contributed by atoms with van der Waals surface area (Å²) in [4.78, 5) is 2.25. The van der Waals surface area contributed by atoms with Crippen LogP contribution in [-0.2, 0) is 23.1 Å². The van der Waals surface area contributed by atoms with Crippen molar-refractivity contribution in [3.8, 4) is 22.9 Å². The molecule has 7 nitrogen and oxygen atoms in total. The van der Waals surface area contributed by atoms with Crippen LogP contribution in [0.1, 0.15) is 37.8 Å². The predicted molar refractivity (Wildman–Crippen MR) is 146 cm³/mol. The third-order valence-corrected chi connectivity index (χ3v) is 6.47. The highest BCUT2D eigenvalue weighted by atomic mass is 16.5. The summed E-state index contributed by atoms with van der Waals surface area (Å²) in [5, 5.41) is 15.7. The molecule has 0 saturated carbocycles. The van der Waals surface area contributed by atoms with Crippen LogP contribution in [0, 0.1) is 12.8 Å². The lowest BCUT2D eigenvalue weighted by molar-refractivity contribution is -0.00399. The number of rotatable bonds is 13. The second-order valence-corrected chi connectivity index (χ2v) is 10.5. The van der Waals surface area contributed by atoms with E-state index in [1.807, 2.05) is 54.2 Å². The molecule has 0 radical (unpaired) electrons.